The first kappa shape index (κ1) is 16.0. The van der Waals surface area contributed by atoms with Crippen molar-refractivity contribution in [1.82, 2.24) is 15.0 Å². The van der Waals surface area contributed by atoms with Gasteiger partial charge in [-0.2, -0.15) is 4.98 Å². The largest absolute Gasteiger partial charge is 0.489 e. The van der Waals surface area contributed by atoms with Gasteiger partial charge in [0.25, 0.3) is 0 Å². The molecule has 2 aromatic rings. The molecule has 1 aliphatic heterocycles. The van der Waals surface area contributed by atoms with Crippen LogP contribution in [0.5, 0.6) is 5.75 Å². The number of hydrogen-bond donors (Lipinski definition) is 1. The van der Waals surface area contributed by atoms with Gasteiger partial charge in [-0.3, -0.25) is 4.98 Å². The van der Waals surface area contributed by atoms with E-state index in [0.717, 1.165) is 31.7 Å². The van der Waals surface area contributed by atoms with Crippen LogP contribution in [0.25, 0.3) is 0 Å². The summed E-state index contributed by atoms with van der Waals surface area (Å²) < 4.78 is 10.6. The molecule has 1 fully saturated rings. The van der Waals surface area contributed by atoms with Crippen molar-refractivity contribution in [1.29, 1.82) is 0 Å². The molecule has 2 N–H and O–H groups in total. The van der Waals surface area contributed by atoms with E-state index in [-0.39, 0.29) is 17.6 Å². The number of rotatable bonds is 4. The maximum atomic E-state index is 11.6. The maximum absolute atomic E-state index is 11.6. The van der Waals surface area contributed by atoms with Crippen molar-refractivity contribution in [2.45, 2.75) is 18.9 Å². The third-order valence-electron chi connectivity index (χ3n) is 3.79. The van der Waals surface area contributed by atoms with Crippen LogP contribution < -0.4 is 15.4 Å². The summed E-state index contributed by atoms with van der Waals surface area (Å²) in [5, 5.41) is 0. The van der Waals surface area contributed by atoms with Gasteiger partial charge in [-0.05, 0) is 12.1 Å². The minimum atomic E-state index is -0.528. The second kappa shape index (κ2) is 7.12. The molecule has 8 nitrogen and oxygen atoms in total. The van der Waals surface area contributed by atoms with Crippen LogP contribution in [0, 0.1) is 0 Å². The summed E-state index contributed by atoms with van der Waals surface area (Å²) in [6.07, 6.45) is 5.18. The molecule has 126 valence electrons. The summed E-state index contributed by atoms with van der Waals surface area (Å²) in [7, 11) is 1.31. The van der Waals surface area contributed by atoms with Gasteiger partial charge in [0.15, 0.2) is 5.69 Å². The monoisotopic (exact) mass is 329 g/mol. The SMILES string of the molecule is COC(=O)c1cc(N)nc(N2CCC(Oc3cccnc3)CC2)n1. The van der Waals surface area contributed by atoms with E-state index in [9.17, 15) is 4.79 Å². The Hall–Kier alpha value is -2.90. The van der Waals surface area contributed by atoms with Gasteiger partial charge < -0.3 is 20.1 Å². The van der Waals surface area contributed by atoms with Crippen molar-refractivity contribution in [3.05, 3.63) is 36.3 Å². The van der Waals surface area contributed by atoms with Crippen LogP contribution in [-0.2, 0) is 4.74 Å². The Morgan fingerprint density at radius 3 is 2.79 bits per heavy atom. The van der Waals surface area contributed by atoms with Crippen molar-refractivity contribution < 1.29 is 14.3 Å². The predicted molar refractivity (Wildman–Crippen MR) is 87.9 cm³/mol. The number of methoxy groups -OCH3 is 1. The molecular formula is C16H19N5O3. The zero-order valence-electron chi connectivity index (χ0n) is 13.4. The van der Waals surface area contributed by atoms with Crippen LogP contribution in [0.4, 0.5) is 11.8 Å². The Morgan fingerprint density at radius 2 is 2.12 bits per heavy atom. The quantitative estimate of drug-likeness (QED) is 0.837. The Bertz CT molecular complexity index is 702. The fourth-order valence-electron chi connectivity index (χ4n) is 2.59. The first-order chi connectivity index (χ1) is 11.7. The van der Waals surface area contributed by atoms with E-state index in [4.69, 9.17) is 10.5 Å². The van der Waals surface area contributed by atoms with Crippen LogP contribution in [0.15, 0.2) is 30.6 Å². The minimum Gasteiger partial charge on any atom is -0.489 e. The number of hydrogen-bond acceptors (Lipinski definition) is 8. The topological polar surface area (TPSA) is 103 Å². The van der Waals surface area contributed by atoms with E-state index in [2.05, 4.69) is 19.7 Å². The van der Waals surface area contributed by atoms with Crippen LogP contribution in [-0.4, -0.2) is 47.2 Å². The molecular weight excluding hydrogens is 310 g/mol. The Labute approximate surface area is 139 Å². The first-order valence-electron chi connectivity index (χ1n) is 7.70. The van der Waals surface area contributed by atoms with Gasteiger partial charge in [0.05, 0.1) is 13.3 Å². The molecule has 0 radical (unpaired) electrons. The molecule has 8 heteroatoms. The standard InChI is InChI=1S/C16H19N5O3/c1-23-15(22)13-9-14(17)20-16(19-13)21-7-4-11(5-8-21)24-12-3-2-6-18-10-12/h2-3,6,9-11H,4-5,7-8H2,1H3,(H2,17,19,20). The number of nitrogens with two attached hydrogens (primary N) is 1. The molecule has 0 unspecified atom stereocenters. The number of anilines is 2. The summed E-state index contributed by atoms with van der Waals surface area (Å²) in [6, 6.07) is 5.15. The lowest BCUT2D eigenvalue weighted by atomic mass is 10.1. The number of piperidine rings is 1. The van der Waals surface area contributed by atoms with Crippen molar-refractivity contribution in [2.24, 2.45) is 0 Å². The zero-order chi connectivity index (χ0) is 16.9. The van der Waals surface area contributed by atoms with Crippen molar-refractivity contribution in [3.8, 4) is 5.75 Å². The number of nitrogens with zero attached hydrogens (tertiary/aromatic N) is 4. The van der Waals surface area contributed by atoms with Gasteiger partial charge in [-0.25, -0.2) is 9.78 Å². The molecule has 0 spiro atoms. The maximum Gasteiger partial charge on any atom is 0.356 e. The van der Waals surface area contributed by atoms with E-state index in [0.29, 0.717) is 5.95 Å². The smallest absolute Gasteiger partial charge is 0.356 e. The van der Waals surface area contributed by atoms with Gasteiger partial charge >= 0.3 is 5.97 Å². The molecule has 0 bridgehead atoms. The Kier molecular flexibility index (Phi) is 4.74. The van der Waals surface area contributed by atoms with Crippen LogP contribution in [0.2, 0.25) is 0 Å². The molecule has 1 aliphatic rings. The highest BCUT2D eigenvalue weighted by Crippen LogP contribution is 2.21. The van der Waals surface area contributed by atoms with Gasteiger partial charge in [0.2, 0.25) is 5.95 Å². The number of nitrogen functional groups attached to an aromatic ring is 1. The summed E-state index contributed by atoms with van der Waals surface area (Å²) in [5.41, 5.74) is 5.93. The van der Waals surface area contributed by atoms with Gasteiger partial charge in [0.1, 0.15) is 17.7 Å². The Balaban J connectivity index is 1.64. The molecule has 0 atom stereocenters. The highest BCUT2D eigenvalue weighted by Gasteiger charge is 2.23. The highest BCUT2D eigenvalue weighted by atomic mass is 16.5. The molecule has 0 aromatic carbocycles. The third-order valence-corrected chi connectivity index (χ3v) is 3.79. The molecule has 3 heterocycles. The molecule has 1 saturated heterocycles. The van der Waals surface area contributed by atoms with E-state index in [1.807, 2.05) is 17.0 Å². The fraction of sp³-hybridized carbons (Fsp3) is 0.375. The molecule has 24 heavy (non-hydrogen) atoms. The summed E-state index contributed by atoms with van der Waals surface area (Å²) in [5.74, 6) is 0.925. The highest BCUT2D eigenvalue weighted by molar-refractivity contribution is 5.88. The fourth-order valence-corrected chi connectivity index (χ4v) is 2.59. The molecule has 3 rings (SSSR count). The van der Waals surface area contributed by atoms with E-state index >= 15 is 0 Å². The average molecular weight is 329 g/mol. The zero-order valence-corrected chi connectivity index (χ0v) is 13.4. The van der Waals surface area contributed by atoms with E-state index in [1.165, 1.54) is 13.2 Å². The third kappa shape index (κ3) is 3.70. The van der Waals surface area contributed by atoms with Crippen LogP contribution in [0.3, 0.4) is 0 Å². The predicted octanol–water partition coefficient (Wildman–Crippen LogP) is 1.29. The number of carbonyl (C=O) groups is 1. The van der Waals surface area contributed by atoms with E-state index < -0.39 is 5.97 Å². The number of carbonyl (C=O) groups excluding carboxylic acids is 1. The second-order valence-electron chi connectivity index (χ2n) is 5.46. The van der Waals surface area contributed by atoms with Crippen molar-refractivity contribution in [2.75, 3.05) is 30.8 Å². The van der Waals surface area contributed by atoms with E-state index in [1.54, 1.807) is 12.4 Å². The lowest BCUT2D eigenvalue weighted by molar-refractivity contribution is 0.0594. The number of pyridine rings is 1. The normalized spacial score (nSPS) is 15.1. The Morgan fingerprint density at radius 1 is 1.33 bits per heavy atom. The number of aromatic nitrogens is 3. The molecule has 0 saturated carbocycles. The van der Waals surface area contributed by atoms with Crippen molar-refractivity contribution >= 4 is 17.7 Å². The number of esters is 1. The average Bonchev–Trinajstić information content (AvgIpc) is 2.62. The molecule has 0 aliphatic carbocycles. The molecule has 0 amide bonds. The lowest BCUT2D eigenvalue weighted by Crippen LogP contribution is -2.39. The first-order valence-corrected chi connectivity index (χ1v) is 7.70. The number of ether oxygens (including phenoxy) is 2. The van der Waals surface area contributed by atoms with Crippen LogP contribution in [0.1, 0.15) is 23.3 Å². The van der Waals surface area contributed by atoms with Gasteiger partial charge in [-0.15, -0.1) is 0 Å². The summed E-state index contributed by atoms with van der Waals surface area (Å²) >= 11 is 0. The minimum absolute atomic E-state index is 0.117. The molecule has 2 aromatic heterocycles. The van der Waals surface area contributed by atoms with Gasteiger partial charge in [0, 0.05) is 38.2 Å². The van der Waals surface area contributed by atoms with Crippen LogP contribution >= 0.6 is 0 Å². The lowest BCUT2D eigenvalue weighted by Gasteiger charge is -2.32. The van der Waals surface area contributed by atoms with Crippen molar-refractivity contribution in [3.63, 3.8) is 0 Å². The summed E-state index contributed by atoms with van der Waals surface area (Å²) in [6.45, 7) is 1.43. The summed E-state index contributed by atoms with van der Waals surface area (Å²) in [4.78, 5) is 26.1. The van der Waals surface area contributed by atoms with Gasteiger partial charge in [-0.1, -0.05) is 0 Å². The second-order valence-corrected chi connectivity index (χ2v) is 5.46.